The van der Waals surface area contributed by atoms with Gasteiger partial charge in [0.05, 0.1) is 25.7 Å². The van der Waals surface area contributed by atoms with Crippen LogP contribution in [0.5, 0.6) is 0 Å². The Hall–Kier alpha value is 0.850. The molecule has 1 aromatic rings. The van der Waals surface area contributed by atoms with Crippen molar-refractivity contribution < 1.29 is 39.5 Å². The summed E-state index contributed by atoms with van der Waals surface area (Å²) in [5, 5.41) is 8.62. The molecule has 0 aliphatic rings. The van der Waals surface area contributed by atoms with Crippen LogP contribution in [0, 0.1) is 0 Å². The Morgan fingerprint density at radius 2 is 1.57 bits per heavy atom. The normalized spacial score (nSPS) is 9.43. The molecular formula is C7H2Cl4NaO2+. The fourth-order valence-corrected chi connectivity index (χ4v) is 1.61. The minimum absolute atomic E-state index is 0. The molecule has 0 aliphatic heterocycles. The van der Waals surface area contributed by atoms with E-state index >= 15 is 0 Å². The number of halogens is 4. The minimum Gasteiger partial charge on any atom is -0.478 e. The number of hydrogen-bond acceptors (Lipinski definition) is 1. The molecule has 0 unspecified atom stereocenters. The van der Waals surface area contributed by atoms with Gasteiger partial charge in [0.15, 0.2) is 0 Å². The van der Waals surface area contributed by atoms with Crippen LogP contribution in [0.2, 0.25) is 20.1 Å². The summed E-state index contributed by atoms with van der Waals surface area (Å²) in [6, 6.07) is 1.15. The molecule has 1 aromatic carbocycles. The van der Waals surface area contributed by atoms with E-state index in [2.05, 4.69) is 0 Å². The first-order valence-electron chi connectivity index (χ1n) is 3.01. The summed E-state index contributed by atoms with van der Waals surface area (Å²) in [5.41, 5.74) is -0.166. The van der Waals surface area contributed by atoms with Gasteiger partial charge in [0.2, 0.25) is 0 Å². The van der Waals surface area contributed by atoms with Gasteiger partial charge in [-0.1, -0.05) is 46.4 Å². The van der Waals surface area contributed by atoms with Gasteiger partial charge in [0.25, 0.3) is 0 Å². The van der Waals surface area contributed by atoms with Crippen molar-refractivity contribution in [3.63, 3.8) is 0 Å². The largest absolute Gasteiger partial charge is 1.00 e. The van der Waals surface area contributed by atoms with Crippen LogP contribution in [0.3, 0.4) is 0 Å². The zero-order valence-electron chi connectivity index (χ0n) is 6.94. The number of aromatic carboxylic acids is 1. The van der Waals surface area contributed by atoms with E-state index in [0.29, 0.717) is 0 Å². The van der Waals surface area contributed by atoms with Crippen molar-refractivity contribution >= 4 is 52.4 Å². The quantitative estimate of drug-likeness (QED) is 0.474. The molecule has 0 heterocycles. The number of carboxylic acid groups (broad SMARTS) is 1. The second kappa shape index (κ2) is 5.80. The Balaban J connectivity index is 0.00000169. The SMILES string of the molecule is O=C(O)c1cc(Cl)c(Cl)c(Cl)c1Cl.[Na+]. The van der Waals surface area contributed by atoms with Crippen LogP contribution < -0.4 is 29.6 Å². The maximum atomic E-state index is 10.6. The van der Waals surface area contributed by atoms with Crippen LogP contribution >= 0.6 is 46.4 Å². The Labute approximate surface area is 122 Å². The molecule has 0 aromatic heterocycles. The second-order valence-corrected chi connectivity index (χ2v) is 3.69. The smallest absolute Gasteiger partial charge is 0.478 e. The molecule has 0 saturated heterocycles. The number of carboxylic acids is 1. The standard InChI is InChI=1S/C7H2Cl4O2.Na/c8-3-1-2(7(12)13)4(9)6(11)5(3)10;/h1H,(H,12,13);/q;+1. The summed E-state index contributed by atoms with van der Waals surface area (Å²) < 4.78 is 0. The Morgan fingerprint density at radius 1 is 1.07 bits per heavy atom. The molecule has 0 radical (unpaired) electrons. The summed E-state index contributed by atoms with van der Waals surface area (Å²) >= 11 is 22.4. The van der Waals surface area contributed by atoms with Crippen LogP contribution in [0.25, 0.3) is 0 Å². The topological polar surface area (TPSA) is 37.3 Å². The van der Waals surface area contributed by atoms with Crippen LogP contribution in [0.15, 0.2) is 6.07 Å². The van der Waals surface area contributed by atoms with E-state index in [0.717, 1.165) is 6.07 Å². The fourth-order valence-electron chi connectivity index (χ4n) is 0.728. The minimum atomic E-state index is -1.20. The van der Waals surface area contributed by atoms with Gasteiger partial charge in [-0.2, -0.15) is 0 Å². The molecule has 0 bridgehead atoms. The summed E-state index contributed by atoms with van der Waals surface area (Å²) in [7, 11) is 0. The molecule has 2 nitrogen and oxygen atoms in total. The molecular weight excluding hydrogens is 281 g/mol. The summed E-state index contributed by atoms with van der Waals surface area (Å²) in [4.78, 5) is 10.6. The van der Waals surface area contributed by atoms with Gasteiger partial charge < -0.3 is 5.11 Å². The third-order valence-electron chi connectivity index (χ3n) is 1.33. The van der Waals surface area contributed by atoms with Crippen molar-refractivity contribution in [2.24, 2.45) is 0 Å². The maximum Gasteiger partial charge on any atom is 1.00 e. The van der Waals surface area contributed by atoms with Gasteiger partial charge in [0.1, 0.15) is 0 Å². The van der Waals surface area contributed by atoms with Crippen LogP contribution in [0.1, 0.15) is 10.4 Å². The first kappa shape index (κ1) is 14.8. The molecule has 0 spiro atoms. The Kier molecular flexibility index (Phi) is 6.16. The van der Waals surface area contributed by atoms with Gasteiger partial charge in [0, 0.05) is 0 Å². The van der Waals surface area contributed by atoms with Crippen LogP contribution in [-0.4, -0.2) is 11.1 Å². The third kappa shape index (κ3) is 2.92. The molecule has 1 N–H and O–H groups in total. The van der Waals surface area contributed by atoms with Crippen molar-refractivity contribution in [1.29, 1.82) is 0 Å². The average molecular weight is 283 g/mol. The molecule has 1 rings (SSSR count). The molecule has 7 heteroatoms. The van der Waals surface area contributed by atoms with Crippen molar-refractivity contribution in [2.75, 3.05) is 0 Å². The van der Waals surface area contributed by atoms with Crippen molar-refractivity contribution in [3.05, 3.63) is 31.7 Å². The zero-order chi connectivity index (χ0) is 10.2. The second-order valence-electron chi connectivity index (χ2n) is 2.15. The van der Waals surface area contributed by atoms with E-state index in [-0.39, 0.29) is 55.2 Å². The van der Waals surface area contributed by atoms with Gasteiger partial charge in [-0.25, -0.2) is 4.79 Å². The monoisotopic (exact) mass is 281 g/mol. The van der Waals surface area contributed by atoms with E-state index in [9.17, 15) is 4.79 Å². The van der Waals surface area contributed by atoms with E-state index in [1.807, 2.05) is 0 Å². The number of rotatable bonds is 1. The van der Waals surface area contributed by atoms with Crippen LogP contribution in [-0.2, 0) is 0 Å². The van der Waals surface area contributed by atoms with Gasteiger partial charge in [-0.05, 0) is 6.07 Å². The van der Waals surface area contributed by atoms with E-state index in [1.165, 1.54) is 0 Å². The predicted octanol–water partition coefficient (Wildman–Crippen LogP) is 1.00. The zero-order valence-corrected chi connectivity index (χ0v) is 12.0. The number of hydrogen-bond donors (Lipinski definition) is 1. The van der Waals surface area contributed by atoms with E-state index < -0.39 is 5.97 Å². The Morgan fingerprint density at radius 3 is 2.00 bits per heavy atom. The van der Waals surface area contributed by atoms with E-state index in [4.69, 9.17) is 51.5 Å². The fraction of sp³-hybridized carbons (Fsp3) is 0. The molecule has 14 heavy (non-hydrogen) atoms. The molecule has 0 amide bonds. The molecule has 0 saturated carbocycles. The van der Waals surface area contributed by atoms with Gasteiger partial charge >= 0.3 is 35.5 Å². The summed E-state index contributed by atoms with van der Waals surface area (Å²) in [6.07, 6.45) is 0. The van der Waals surface area contributed by atoms with Gasteiger partial charge in [-0.3, -0.25) is 0 Å². The molecule has 70 valence electrons. The molecule has 0 aliphatic carbocycles. The molecule has 0 atom stereocenters. The predicted molar refractivity (Wildman–Crippen MR) is 53.4 cm³/mol. The average Bonchev–Trinajstić information content (AvgIpc) is 2.07. The van der Waals surface area contributed by atoms with Crippen LogP contribution in [0.4, 0.5) is 0 Å². The summed E-state index contributed by atoms with van der Waals surface area (Å²) in [6.45, 7) is 0. The maximum absolute atomic E-state index is 10.6. The van der Waals surface area contributed by atoms with Gasteiger partial charge in [-0.15, -0.1) is 0 Å². The number of carbonyl (C=O) groups is 1. The number of benzene rings is 1. The van der Waals surface area contributed by atoms with Crippen molar-refractivity contribution in [2.45, 2.75) is 0 Å². The third-order valence-corrected chi connectivity index (χ3v) is 3.08. The first-order chi connectivity index (χ1) is 5.95. The Bertz CT molecular complexity index is 380. The summed E-state index contributed by atoms with van der Waals surface area (Å²) in [5.74, 6) is -1.20. The molecule has 0 fully saturated rings. The van der Waals surface area contributed by atoms with Crippen molar-refractivity contribution in [3.8, 4) is 0 Å². The van der Waals surface area contributed by atoms with Crippen molar-refractivity contribution in [1.82, 2.24) is 0 Å². The first-order valence-corrected chi connectivity index (χ1v) is 4.52. The van der Waals surface area contributed by atoms with E-state index in [1.54, 1.807) is 0 Å².